The van der Waals surface area contributed by atoms with Gasteiger partial charge in [-0.3, -0.25) is 0 Å². The quantitative estimate of drug-likeness (QED) is 0.772. The zero-order valence-electron chi connectivity index (χ0n) is 11.6. The molecule has 0 radical (unpaired) electrons. The molecule has 2 nitrogen and oxygen atoms in total. The van der Waals surface area contributed by atoms with Gasteiger partial charge in [0.25, 0.3) is 0 Å². The molecule has 1 aromatic rings. The van der Waals surface area contributed by atoms with Crippen LogP contribution < -0.4 is 4.74 Å². The van der Waals surface area contributed by atoms with Gasteiger partial charge in [-0.2, -0.15) is 0 Å². The fraction of sp³-hybridized carbons (Fsp3) is 0.667. The molecule has 0 unspecified atom stereocenters. The van der Waals surface area contributed by atoms with E-state index in [9.17, 15) is 13.2 Å². The van der Waals surface area contributed by atoms with Crippen molar-refractivity contribution >= 4 is 0 Å². The molecule has 1 heterocycles. The normalized spacial score (nSPS) is 23.6. The number of aromatic nitrogens is 1. The van der Waals surface area contributed by atoms with E-state index in [2.05, 4.69) is 16.6 Å². The summed E-state index contributed by atoms with van der Waals surface area (Å²) in [6, 6.07) is 3.01. The summed E-state index contributed by atoms with van der Waals surface area (Å²) in [4.78, 5) is 3.75. The average Bonchev–Trinajstić information content (AvgIpc) is 2.39. The lowest BCUT2D eigenvalue weighted by atomic mass is 9.77. The Hall–Kier alpha value is -1.26. The second-order valence-electron chi connectivity index (χ2n) is 5.48. The van der Waals surface area contributed by atoms with Crippen LogP contribution in [0.4, 0.5) is 13.2 Å². The second kappa shape index (κ2) is 6.46. The lowest BCUT2D eigenvalue weighted by Crippen LogP contribution is -2.18. The first-order valence-electron chi connectivity index (χ1n) is 7.19. The topological polar surface area (TPSA) is 22.1 Å². The third-order valence-electron chi connectivity index (χ3n) is 3.99. The highest BCUT2D eigenvalue weighted by Gasteiger charge is 2.31. The Labute approximate surface area is 117 Å². The third-order valence-corrected chi connectivity index (χ3v) is 3.99. The molecule has 0 saturated heterocycles. The molecule has 0 spiro atoms. The molecule has 0 atom stereocenters. The number of rotatable bonds is 4. The van der Waals surface area contributed by atoms with Crippen molar-refractivity contribution in [2.24, 2.45) is 5.92 Å². The van der Waals surface area contributed by atoms with E-state index < -0.39 is 6.36 Å². The molecule has 1 fully saturated rings. The molecule has 0 bridgehead atoms. The van der Waals surface area contributed by atoms with Crippen molar-refractivity contribution in [2.45, 2.75) is 57.7 Å². The molecule has 1 saturated carbocycles. The molecule has 20 heavy (non-hydrogen) atoms. The third kappa shape index (κ3) is 4.39. The van der Waals surface area contributed by atoms with Crippen LogP contribution in [0.15, 0.2) is 18.3 Å². The predicted octanol–water partition coefficient (Wildman–Crippen LogP) is 5.05. The first-order chi connectivity index (χ1) is 9.48. The average molecular weight is 287 g/mol. The minimum Gasteiger partial charge on any atom is -0.388 e. The minimum atomic E-state index is -4.67. The van der Waals surface area contributed by atoms with Crippen molar-refractivity contribution in [3.8, 4) is 5.88 Å². The van der Waals surface area contributed by atoms with Crippen LogP contribution in [0.5, 0.6) is 5.88 Å². The number of hydrogen-bond donors (Lipinski definition) is 0. The fourth-order valence-electron chi connectivity index (χ4n) is 3.00. The number of ether oxygens (including phenoxy) is 1. The number of nitrogens with zero attached hydrogens (tertiary/aromatic N) is 1. The van der Waals surface area contributed by atoms with Gasteiger partial charge in [-0.15, -0.1) is 13.2 Å². The van der Waals surface area contributed by atoms with Crippen LogP contribution in [0.1, 0.15) is 56.9 Å². The van der Waals surface area contributed by atoms with Crippen molar-refractivity contribution in [1.82, 2.24) is 4.98 Å². The minimum absolute atomic E-state index is 0.388. The first-order valence-corrected chi connectivity index (χ1v) is 7.19. The van der Waals surface area contributed by atoms with Crippen LogP contribution >= 0.6 is 0 Å². The van der Waals surface area contributed by atoms with Gasteiger partial charge in [0.1, 0.15) is 0 Å². The van der Waals surface area contributed by atoms with Gasteiger partial charge in [0.15, 0.2) is 0 Å². The highest BCUT2D eigenvalue weighted by atomic mass is 19.4. The smallest absolute Gasteiger partial charge is 0.388 e. The molecule has 1 aromatic heterocycles. The van der Waals surface area contributed by atoms with Crippen molar-refractivity contribution in [1.29, 1.82) is 0 Å². The molecule has 0 aromatic carbocycles. The summed E-state index contributed by atoms with van der Waals surface area (Å²) in [6.07, 6.45) is 3.97. The highest BCUT2D eigenvalue weighted by Crippen LogP contribution is 2.37. The monoisotopic (exact) mass is 287 g/mol. The zero-order chi connectivity index (χ0) is 14.6. The first kappa shape index (κ1) is 15.1. The standard InChI is InChI=1S/C15H20F3NO/c1-2-3-11-4-6-12(7-5-11)13-8-9-14(19-10-13)20-15(16,17)18/h8-12H,2-7H2,1H3/t11-,12-. The molecule has 2 rings (SSSR count). The van der Waals surface area contributed by atoms with Gasteiger partial charge in [0.2, 0.25) is 5.88 Å². The van der Waals surface area contributed by atoms with E-state index in [0.29, 0.717) is 5.92 Å². The summed E-state index contributed by atoms with van der Waals surface area (Å²) >= 11 is 0. The SMILES string of the molecule is CCC[C@H]1CC[C@H](c2ccc(OC(F)(F)F)nc2)CC1. The van der Waals surface area contributed by atoms with Crippen molar-refractivity contribution in [3.05, 3.63) is 23.9 Å². The largest absolute Gasteiger partial charge is 0.574 e. The van der Waals surface area contributed by atoms with Gasteiger partial charge in [0.05, 0.1) is 0 Å². The summed E-state index contributed by atoms with van der Waals surface area (Å²) in [5.74, 6) is 0.855. The molecule has 112 valence electrons. The van der Waals surface area contributed by atoms with Crippen LogP contribution in [0.25, 0.3) is 0 Å². The molecule has 1 aliphatic carbocycles. The van der Waals surface area contributed by atoms with E-state index in [1.165, 1.54) is 37.9 Å². The summed E-state index contributed by atoms with van der Waals surface area (Å²) < 4.78 is 39.9. The second-order valence-corrected chi connectivity index (χ2v) is 5.48. The molecule has 0 N–H and O–H groups in total. The Bertz CT molecular complexity index is 408. The fourth-order valence-corrected chi connectivity index (χ4v) is 3.00. The van der Waals surface area contributed by atoms with Crippen molar-refractivity contribution < 1.29 is 17.9 Å². The van der Waals surface area contributed by atoms with Gasteiger partial charge in [0, 0.05) is 12.3 Å². The lowest BCUT2D eigenvalue weighted by Gasteiger charge is -2.28. The van der Waals surface area contributed by atoms with E-state index in [-0.39, 0.29) is 5.88 Å². The Kier molecular flexibility index (Phi) is 4.89. The lowest BCUT2D eigenvalue weighted by molar-refractivity contribution is -0.276. The molecule has 0 aliphatic heterocycles. The zero-order valence-corrected chi connectivity index (χ0v) is 11.6. The van der Waals surface area contributed by atoms with E-state index in [1.807, 2.05) is 0 Å². The van der Waals surface area contributed by atoms with Gasteiger partial charge in [-0.1, -0.05) is 25.8 Å². The van der Waals surface area contributed by atoms with Crippen LogP contribution in [0.2, 0.25) is 0 Å². The van der Waals surface area contributed by atoms with E-state index >= 15 is 0 Å². The maximum atomic E-state index is 12.0. The van der Waals surface area contributed by atoms with Crippen LogP contribution in [0, 0.1) is 5.92 Å². The predicted molar refractivity (Wildman–Crippen MR) is 70.5 cm³/mol. The molecular formula is C15H20F3NO. The van der Waals surface area contributed by atoms with Crippen LogP contribution in [-0.4, -0.2) is 11.3 Å². The van der Waals surface area contributed by atoms with Crippen LogP contribution in [-0.2, 0) is 0 Å². The Morgan fingerprint density at radius 1 is 1.20 bits per heavy atom. The number of alkyl halides is 3. The molecule has 5 heteroatoms. The van der Waals surface area contributed by atoms with E-state index in [4.69, 9.17) is 0 Å². The summed E-state index contributed by atoms with van der Waals surface area (Å²) in [5, 5.41) is 0. The van der Waals surface area contributed by atoms with Crippen LogP contribution in [0.3, 0.4) is 0 Å². The van der Waals surface area contributed by atoms with Gasteiger partial charge < -0.3 is 4.74 Å². The number of halogens is 3. The summed E-state index contributed by atoms with van der Waals surface area (Å²) in [7, 11) is 0. The summed E-state index contributed by atoms with van der Waals surface area (Å²) in [5.41, 5.74) is 1.02. The van der Waals surface area contributed by atoms with Crippen molar-refractivity contribution in [3.63, 3.8) is 0 Å². The van der Waals surface area contributed by atoms with Gasteiger partial charge in [-0.05, 0) is 43.1 Å². The molecular weight excluding hydrogens is 267 g/mol. The van der Waals surface area contributed by atoms with Crippen molar-refractivity contribution in [2.75, 3.05) is 0 Å². The maximum Gasteiger partial charge on any atom is 0.574 e. The Morgan fingerprint density at radius 3 is 2.40 bits per heavy atom. The Morgan fingerprint density at radius 2 is 1.90 bits per heavy atom. The highest BCUT2D eigenvalue weighted by molar-refractivity contribution is 5.21. The molecule has 0 amide bonds. The summed E-state index contributed by atoms with van der Waals surface area (Å²) in [6.45, 7) is 2.20. The molecule has 1 aliphatic rings. The van der Waals surface area contributed by atoms with E-state index in [0.717, 1.165) is 24.3 Å². The van der Waals surface area contributed by atoms with Gasteiger partial charge >= 0.3 is 6.36 Å². The number of pyridine rings is 1. The Balaban J connectivity index is 1.91. The van der Waals surface area contributed by atoms with E-state index in [1.54, 1.807) is 6.07 Å². The maximum absolute atomic E-state index is 12.0. The number of hydrogen-bond acceptors (Lipinski definition) is 2. The van der Waals surface area contributed by atoms with Gasteiger partial charge in [-0.25, -0.2) is 4.98 Å².